The Morgan fingerprint density at radius 3 is 2.61 bits per heavy atom. The summed E-state index contributed by atoms with van der Waals surface area (Å²) in [5.74, 6) is 0.942. The van der Waals surface area contributed by atoms with E-state index in [1.807, 2.05) is 0 Å². The van der Waals surface area contributed by atoms with Crippen LogP contribution in [0.15, 0.2) is 0 Å². The number of carbonyl (C=O) groups excluding carboxylic acids is 1. The van der Waals surface area contributed by atoms with Gasteiger partial charge in [0.2, 0.25) is 5.91 Å². The Bertz CT molecular complexity index is 295. The first kappa shape index (κ1) is 13.9. The Hall–Kier alpha value is -0.570. The van der Waals surface area contributed by atoms with E-state index in [1.165, 1.54) is 32.1 Å². The molecule has 18 heavy (non-hydrogen) atoms. The number of rotatable bonds is 5. The smallest absolute Gasteiger partial charge is 0.237 e. The summed E-state index contributed by atoms with van der Waals surface area (Å²) in [4.78, 5) is 14.2. The van der Waals surface area contributed by atoms with Gasteiger partial charge in [0.05, 0.1) is 12.7 Å². The van der Waals surface area contributed by atoms with E-state index in [-0.39, 0.29) is 6.17 Å². The van der Waals surface area contributed by atoms with Crippen LogP contribution in [-0.4, -0.2) is 30.1 Å². The maximum absolute atomic E-state index is 12.1. The van der Waals surface area contributed by atoms with E-state index in [0.717, 1.165) is 13.0 Å². The van der Waals surface area contributed by atoms with E-state index >= 15 is 0 Å². The first-order valence-corrected chi connectivity index (χ1v) is 7.59. The second-order valence-electron chi connectivity index (χ2n) is 6.61. The zero-order chi connectivity index (χ0) is 13.2. The summed E-state index contributed by atoms with van der Waals surface area (Å²) in [7, 11) is 0. The van der Waals surface area contributed by atoms with Gasteiger partial charge in [0.1, 0.15) is 0 Å². The molecule has 1 saturated carbocycles. The molecule has 1 atom stereocenters. The molecule has 1 aliphatic heterocycles. The molecule has 3 nitrogen and oxygen atoms in total. The molecule has 1 amide bonds. The average Bonchev–Trinajstić information content (AvgIpc) is 2.91. The first-order chi connectivity index (χ1) is 8.56. The average molecular weight is 252 g/mol. The zero-order valence-electron chi connectivity index (χ0n) is 12.2. The highest BCUT2D eigenvalue weighted by Gasteiger charge is 2.39. The van der Waals surface area contributed by atoms with E-state index in [2.05, 4.69) is 31.0 Å². The van der Waals surface area contributed by atoms with Crippen LogP contribution in [-0.2, 0) is 4.79 Å². The molecule has 3 heteroatoms. The molecule has 1 saturated heterocycles. The van der Waals surface area contributed by atoms with Crippen LogP contribution in [0.25, 0.3) is 0 Å². The van der Waals surface area contributed by atoms with Crippen molar-refractivity contribution in [2.75, 3.05) is 13.1 Å². The van der Waals surface area contributed by atoms with Crippen molar-refractivity contribution in [1.82, 2.24) is 10.2 Å². The Morgan fingerprint density at radius 2 is 2.06 bits per heavy atom. The van der Waals surface area contributed by atoms with Gasteiger partial charge in [-0.3, -0.25) is 10.1 Å². The summed E-state index contributed by atoms with van der Waals surface area (Å²) in [6.07, 6.45) is 7.87. The van der Waals surface area contributed by atoms with Gasteiger partial charge in [-0.25, -0.2) is 0 Å². The highest BCUT2D eigenvalue weighted by Crippen LogP contribution is 2.42. The van der Waals surface area contributed by atoms with Crippen molar-refractivity contribution in [3.05, 3.63) is 0 Å². The van der Waals surface area contributed by atoms with Crippen molar-refractivity contribution in [2.45, 2.75) is 65.5 Å². The van der Waals surface area contributed by atoms with Gasteiger partial charge >= 0.3 is 0 Å². The SMILES string of the molecule is CCC1(CN2C(=O)CNC2CC(C)C)CCCC1. The lowest BCUT2D eigenvalue weighted by atomic mass is 9.82. The number of nitrogens with one attached hydrogen (secondary N) is 1. The molecule has 2 fully saturated rings. The largest absolute Gasteiger partial charge is 0.325 e. The fraction of sp³-hybridized carbons (Fsp3) is 0.933. The number of carbonyl (C=O) groups is 1. The van der Waals surface area contributed by atoms with E-state index in [4.69, 9.17) is 0 Å². The molecule has 1 aliphatic carbocycles. The van der Waals surface area contributed by atoms with Gasteiger partial charge in [0.15, 0.2) is 0 Å². The second kappa shape index (κ2) is 5.60. The molecule has 2 rings (SSSR count). The highest BCUT2D eigenvalue weighted by molar-refractivity contribution is 5.80. The Labute approximate surface area is 111 Å². The van der Waals surface area contributed by atoms with Gasteiger partial charge in [0, 0.05) is 6.54 Å². The van der Waals surface area contributed by atoms with Crippen LogP contribution >= 0.6 is 0 Å². The van der Waals surface area contributed by atoms with E-state index in [9.17, 15) is 4.79 Å². The minimum absolute atomic E-state index is 0.279. The highest BCUT2D eigenvalue weighted by atomic mass is 16.2. The quantitative estimate of drug-likeness (QED) is 0.816. The van der Waals surface area contributed by atoms with Crippen LogP contribution < -0.4 is 5.32 Å². The van der Waals surface area contributed by atoms with Crippen molar-refractivity contribution < 1.29 is 4.79 Å². The molecule has 1 N–H and O–H groups in total. The molecular weight excluding hydrogens is 224 g/mol. The lowest BCUT2D eigenvalue weighted by Crippen LogP contribution is -2.44. The van der Waals surface area contributed by atoms with Gasteiger partial charge in [-0.1, -0.05) is 33.6 Å². The van der Waals surface area contributed by atoms with E-state index in [0.29, 0.717) is 23.8 Å². The van der Waals surface area contributed by atoms with Crippen LogP contribution in [0.5, 0.6) is 0 Å². The van der Waals surface area contributed by atoms with Crippen molar-refractivity contribution in [1.29, 1.82) is 0 Å². The molecule has 104 valence electrons. The van der Waals surface area contributed by atoms with Crippen molar-refractivity contribution in [3.8, 4) is 0 Å². The number of nitrogens with zero attached hydrogens (tertiary/aromatic N) is 1. The summed E-state index contributed by atoms with van der Waals surface area (Å²) in [5, 5.41) is 3.38. The number of amides is 1. The zero-order valence-corrected chi connectivity index (χ0v) is 12.2. The van der Waals surface area contributed by atoms with Crippen LogP contribution in [0.1, 0.15) is 59.3 Å². The molecule has 0 spiro atoms. The third-order valence-corrected chi connectivity index (χ3v) is 4.80. The summed E-state index contributed by atoms with van der Waals surface area (Å²) in [6, 6.07) is 0. The number of hydrogen-bond acceptors (Lipinski definition) is 2. The lowest BCUT2D eigenvalue weighted by Gasteiger charge is -2.36. The molecule has 0 aromatic rings. The van der Waals surface area contributed by atoms with E-state index < -0.39 is 0 Å². The van der Waals surface area contributed by atoms with E-state index in [1.54, 1.807) is 0 Å². The Balaban J connectivity index is 2.02. The third kappa shape index (κ3) is 2.87. The first-order valence-electron chi connectivity index (χ1n) is 7.59. The maximum atomic E-state index is 12.1. The Morgan fingerprint density at radius 1 is 1.39 bits per heavy atom. The van der Waals surface area contributed by atoms with Crippen LogP contribution in [0.4, 0.5) is 0 Å². The summed E-state index contributed by atoms with van der Waals surface area (Å²) in [6.45, 7) is 8.27. The standard InChI is InChI=1S/C15H28N2O/c1-4-15(7-5-6-8-15)11-17-13(9-12(2)3)16-10-14(17)18/h12-13,16H,4-11H2,1-3H3. The normalized spacial score (nSPS) is 27.4. The summed E-state index contributed by atoms with van der Waals surface area (Å²) >= 11 is 0. The Kier molecular flexibility index (Phi) is 4.31. The van der Waals surface area contributed by atoms with Crippen molar-refractivity contribution in [3.63, 3.8) is 0 Å². The maximum Gasteiger partial charge on any atom is 0.237 e. The van der Waals surface area contributed by atoms with Crippen LogP contribution in [0.2, 0.25) is 0 Å². The molecule has 0 aromatic carbocycles. The molecule has 2 aliphatic rings. The predicted molar refractivity (Wildman–Crippen MR) is 74.2 cm³/mol. The van der Waals surface area contributed by atoms with Gasteiger partial charge in [-0.15, -0.1) is 0 Å². The van der Waals surface area contributed by atoms with Gasteiger partial charge in [-0.05, 0) is 37.0 Å². The molecule has 1 heterocycles. The summed E-state index contributed by atoms with van der Waals surface area (Å²) in [5.41, 5.74) is 0.414. The van der Waals surface area contributed by atoms with Gasteiger partial charge in [-0.2, -0.15) is 0 Å². The monoisotopic (exact) mass is 252 g/mol. The lowest BCUT2D eigenvalue weighted by molar-refractivity contribution is -0.129. The van der Waals surface area contributed by atoms with Crippen LogP contribution in [0.3, 0.4) is 0 Å². The molecule has 0 radical (unpaired) electrons. The fourth-order valence-corrected chi connectivity index (χ4v) is 3.56. The molecular formula is C15H28N2O. The fourth-order valence-electron chi connectivity index (χ4n) is 3.56. The van der Waals surface area contributed by atoms with Gasteiger partial charge < -0.3 is 4.90 Å². The predicted octanol–water partition coefficient (Wildman–Crippen LogP) is 2.76. The van der Waals surface area contributed by atoms with Crippen molar-refractivity contribution in [2.24, 2.45) is 11.3 Å². The van der Waals surface area contributed by atoms with Gasteiger partial charge in [0.25, 0.3) is 0 Å². The minimum atomic E-state index is 0.279. The topological polar surface area (TPSA) is 32.3 Å². The van der Waals surface area contributed by atoms with Crippen LogP contribution in [0, 0.1) is 11.3 Å². The second-order valence-corrected chi connectivity index (χ2v) is 6.61. The summed E-state index contributed by atoms with van der Waals surface area (Å²) < 4.78 is 0. The minimum Gasteiger partial charge on any atom is -0.325 e. The number of hydrogen-bond donors (Lipinski definition) is 1. The molecule has 0 aromatic heterocycles. The molecule has 1 unspecified atom stereocenters. The van der Waals surface area contributed by atoms with Crippen molar-refractivity contribution >= 4 is 5.91 Å². The third-order valence-electron chi connectivity index (χ3n) is 4.80. The molecule has 0 bridgehead atoms.